The average molecular weight is 774 g/mol. The number of anilines is 6. The van der Waals surface area contributed by atoms with Crippen molar-refractivity contribution in [2.45, 2.75) is 112 Å². The lowest BCUT2D eigenvalue weighted by molar-refractivity contribution is 0.590. The summed E-state index contributed by atoms with van der Waals surface area (Å²) >= 11 is 3.78. The van der Waals surface area contributed by atoms with Crippen molar-refractivity contribution in [1.82, 2.24) is 0 Å². The minimum Gasteiger partial charge on any atom is -0.310 e. The summed E-state index contributed by atoms with van der Waals surface area (Å²) in [4.78, 5) is 4.79. The second kappa shape index (κ2) is 12.3. The monoisotopic (exact) mass is 773 g/mol. The van der Waals surface area contributed by atoms with Gasteiger partial charge < -0.3 is 9.80 Å². The highest BCUT2D eigenvalue weighted by Crippen LogP contribution is 2.51. The van der Waals surface area contributed by atoms with Crippen LogP contribution in [0.1, 0.15) is 115 Å². The molecule has 0 unspecified atom stereocenters. The van der Waals surface area contributed by atoms with Gasteiger partial charge >= 0.3 is 0 Å². The lowest BCUT2D eigenvalue weighted by Crippen LogP contribution is -2.59. The molecule has 2 nitrogen and oxygen atoms in total. The zero-order valence-corrected chi connectivity index (χ0v) is 36.7. The molecule has 7 aromatic rings. The molecule has 5 heteroatoms. The van der Waals surface area contributed by atoms with Gasteiger partial charge in [0.2, 0.25) is 0 Å². The number of hydrogen-bond donors (Lipinski definition) is 0. The van der Waals surface area contributed by atoms with Crippen molar-refractivity contribution in [3.05, 3.63) is 125 Å². The average Bonchev–Trinajstić information content (AvgIpc) is 3.71. The summed E-state index contributed by atoms with van der Waals surface area (Å²) in [7, 11) is 0. The fraction of sp³-hybridized carbons (Fsp3) is 0.333. The Bertz CT molecular complexity index is 2620. The van der Waals surface area contributed by atoms with E-state index in [0.29, 0.717) is 5.56 Å². The molecule has 5 aromatic carbocycles. The van der Waals surface area contributed by atoms with Gasteiger partial charge in [0.25, 0.3) is 6.71 Å². The van der Waals surface area contributed by atoms with Crippen LogP contribution in [0.5, 0.6) is 0 Å². The molecule has 0 atom stereocenters. The van der Waals surface area contributed by atoms with E-state index in [-0.39, 0.29) is 28.4 Å². The summed E-state index contributed by atoms with van der Waals surface area (Å²) in [6.45, 7) is 24.7. The molecule has 0 saturated carbocycles. The second-order valence-electron chi connectivity index (χ2n) is 20.2. The van der Waals surface area contributed by atoms with E-state index in [1.165, 1.54) is 52.0 Å². The first-order valence-corrected chi connectivity index (χ1v) is 21.7. The Balaban J connectivity index is 1.44. The van der Waals surface area contributed by atoms with Crippen molar-refractivity contribution in [2.24, 2.45) is 0 Å². The second-order valence-corrected chi connectivity index (χ2v) is 22.3. The third-order valence-corrected chi connectivity index (χ3v) is 14.4. The summed E-state index contributed by atoms with van der Waals surface area (Å²) in [5, 5.41) is 2.42. The predicted octanol–water partition coefficient (Wildman–Crippen LogP) is 13.7. The molecule has 2 aromatic heterocycles. The SMILES string of the molecule is [2H]C([2H])([2H])c1cc2c3c(c1)N(c1ccc(C(C)(C)C)cc1)c1c(sc4ccc(C(C)(C)C)cc14)B3c1sc3ccc(C(C)(C)C)cc3c1N2c1ccc(C(C)(C)C)cc1. The first kappa shape index (κ1) is 33.8. The third-order valence-electron chi connectivity index (χ3n) is 12.0. The van der Waals surface area contributed by atoms with Gasteiger partial charge in [0.1, 0.15) is 0 Å². The quantitative estimate of drug-likeness (QED) is 0.161. The van der Waals surface area contributed by atoms with Crippen molar-refractivity contribution in [3.8, 4) is 0 Å². The van der Waals surface area contributed by atoms with Crippen molar-refractivity contribution in [2.75, 3.05) is 9.80 Å². The van der Waals surface area contributed by atoms with E-state index in [4.69, 9.17) is 4.11 Å². The standard InChI is InChI=1S/C51H55BN2S2/c1-30-26-39-43-40(27-30)54(36-22-16-32(17-23-36)49(5,6)7)45-38-29-34(51(11,12)13)19-25-42(38)56-47(45)52(43)46-44(37-28-33(50(8,9)10)18-24-41(37)55-46)53(39)35-20-14-31(15-21-35)48(2,3)4/h14-29H,1-13H3/i1D3. The largest absolute Gasteiger partial charge is 0.310 e. The summed E-state index contributed by atoms with van der Waals surface area (Å²) in [6, 6.07) is 35.9. The molecule has 56 heavy (non-hydrogen) atoms. The minimum absolute atomic E-state index is 0.0127. The van der Waals surface area contributed by atoms with Crippen molar-refractivity contribution in [1.29, 1.82) is 0 Å². The maximum absolute atomic E-state index is 8.95. The number of hydrogen-bond acceptors (Lipinski definition) is 4. The van der Waals surface area contributed by atoms with Gasteiger partial charge in [-0.05, 0) is 122 Å². The first-order valence-electron chi connectivity index (χ1n) is 21.5. The van der Waals surface area contributed by atoms with Crippen molar-refractivity contribution >= 4 is 98.7 Å². The van der Waals surface area contributed by atoms with Crippen LogP contribution in [0.25, 0.3) is 20.2 Å². The molecular formula is C51H55BN2S2. The summed E-state index contributed by atoms with van der Waals surface area (Å²) < 4.78 is 31.9. The first-order chi connectivity index (χ1) is 27.4. The van der Waals surface area contributed by atoms with Gasteiger partial charge in [0.15, 0.2) is 0 Å². The smallest absolute Gasteiger partial charge is 0.277 e. The van der Waals surface area contributed by atoms with E-state index in [0.717, 1.165) is 39.6 Å². The normalized spacial score (nSPS) is 15.4. The molecular weight excluding hydrogens is 716 g/mol. The van der Waals surface area contributed by atoms with Crippen LogP contribution in [0.3, 0.4) is 0 Å². The van der Waals surface area contributed by atoms with E-state index in [1.807, 2.05) is 34.8 Å². The highest BCUT2D eigenvalue weighted by Gasteiger charge is 2.47. The predicted molar refractivity (Wildman–Crippen MR) is 251 cm³/mol. The lowest BCUT2D eigenvalue weighted by atomic mass is 9.39. The van der Waals surface area contributed by atoms with Gasteiger partial charge in [-0.2, -0.15) is 0 Å². The van der Waals surface area contributed by atoms with E-state index in [9.17, 15) is 0 Å². The number of benzene rings is 5. The van der Waals surface area contributed by atoms with Crippen molar-refractivity contribution < 1.29 is 4.11 Å². The Morgan fingerprint density at radius 1 is 0.464 bits per heavy atom. The molecule has 0 spiro atoms. The number of nitrogens with zero attached hydrogens (tertiary/aromatic N) is 2. The topological polar surface area (TPSA) is 6.48 Å². The summed E-state index contributed by atoms with van der Waals surface area (Å²) in [6.07, 6.45) is 0. The fourth-order valence-corrected chi connectivity index (χ4v) is 11.3. The van der Waals surface area contributed by atoms with E-state index in [2.05, 4.69) is 178 Å². The van der Waals surface area contributed by atoms with Gasteiger partial charge in [-0.25, -0.2) is 0 Å². The van der Waals surface area contributed by atoms with Gasteiger partial charge in [0.05, 0.1) is 11.4 Å². The highest BCUT2D eigenvalue weighted by molar-refractivity contribution is 7.40. The fourth-order valence-electron chi connectivity index (χ4n) is 8.66. The molecule has 0 radical (unpaired) electrons. The Hall–Kier alpha value is -4.32. The van der Waals surface area contributed by atoms with Crippen LogP contribution in [0, 0.1) is 6.85 Å². The van der Waals surface area contributed by atoms with Gasteiger partial charge in [0, 0.05) is 56.6 Å². The number of fused-ring (bicyclic) bond motifs is 8. The third kappa shape index (κ3) is 5.87. The molecule has 0 fully saturated rings. The van der Waals surface area contributed by atoms with Gasteiger partial charge in [-0.3, -0.25) is 0 Å². The van der Waals surface area contributed by atoms with Gasteiger partial charge in [-0.15, -0.1) is 22.7 Å². The maximum Gasteiger partial charge on any atom is 0.277 e. The van der Waals surface area contributed by atoms with Crippen LogP contribution < -0.4 is 24.8 Å². The number of aryl methyl sites for hydroxylation is 1. The molecule has 0 amide bonds. The van der Waals surface area contributed by atoms with E-state index in [1.54, 1.807) is 0 Å². The molecule has 0 N–H and O–H groups in total. The Labute approximate surface area is 347 Å². The molecule has 0 aliphatic carbocycles. The zero-order valence-electron chi connectivity index (χ0n) is 38.0. The molecule has 2 aliphatic heterocycles. The molecule has 2 aliphatic rings. The maximum atomic E-state index is 8.95. The highest BCUT2D eigenvalue weighted by atomic mass is 32.1. The molecule has 4 heterocycles. The number of thiophene rings is 2. The summed E-state index contributed by atoms with van der Waals surface area (Å²) in [5.41, 5.74) is 12.7. The van der Waals surface area contributed by atoms with E-state index >= 15 is 0 Å². The molecule has 9 rings (SSSR count). The minimum atomic E-state index is -2.34. The Kier molecular flexibility index (Phi) is 7.45. The summed E-state index contributed by atoms with van der Waals surface area (Å²) in [5.74, 6) is 0. The Morgan fingerprint density at radius 3 is 1.16 bits per heavy atom. The molecule has 0 saturated heterocycles. The van der Waals surface area contributed by atoms with Crippen molar-refractivity contribution in [3.63, 3.8) is 0 Å². The van der Waals surface area contributed by atoms with Crippen LogP contribution >= 0.6 is 22.7 Å². The van der Waals surface area contributed by atoms with Gasteiger partial charge in [-0.1, -0.05) is 119 Å². The Morgan fingerprint density at radius 2 is 0.821 bits per heavy atom. The van der Waals surface area contributed by atoms with Crippen LogP contribution in [0.2, 0.25) is 0 Å². The van der Waals surface area contributed by atoms with Crippen LogP contribution in [0.4, 0.5) is 34.1 Å². The zero-order chi connectivity index (χ0) is 42.4. The molecule has 0 bridgehead atoms. The van der Waals surface area contributed by atoms with Crippen LogP contribution in [-0.4, -0.2) is 6.71 Å². The number of rotatable bonds is 2. The molecule has 284 valence electrons. The van der Waals surface area contributed by atoms with E-state index < -0.39 is 6.85 Å². The lowest BCUT2D eigenvalue weighted by Gasteiger charge is -2.42. The van der Waals surface area contributed by atoms with Crippen LogP contribution in [0.15, 0.2) is 97.1 Å². The van der Waals surface area contributed by atoms with Crippen LogP contribution in [-0.2, 0) is 21.7 Å².